The molecule has 0 N–H and O–H groups in total. The number of benzene rings is 1. The van der Waals surface area contributed by atoms with Gasteiger partial charge in [-0.25, -0.2) is 9.78 Å². The fraction of sp³-hybridized carbons (Fsp3) is 0.286. The van der Waals surface area contributed by atoms with Crippen LogP contribution in [0.3, 0.4) is 0 Å². The minimum atomic E-state index is -0.371. The van der Waals surface area contributed by atoms with Crippen molar-refractivity contribution in [2.75, 3.05) is 7.11 Å². The molecule has 0 fully saturated rings. The summed E-state index contributed by atoms with van der Waals surface area (Å²) in [7, 11) is 1.37. The van der Waals surface area contributed by atoms with Gasteiger partial charge >= 0.3 is 5.97 Å². The van der Waals surface area contributed by atoms with Crippen LogP contribution >= 0.6 is 11.3 Å². The highest BCUT2D eigenvalue weighted by Crippen LogP contribution is 2.24. The monoisotopic (exact) mass is 261 g/mol. The van der Waals surface area contributed by atoms with Crippen molar-refractivity contribution in [2.45, 2.75) is 19.3 Å². The largest absolute Gasteiger partial charge is 0.464 e. The lowest BCUT2D eigenvalue weighted by atomic mass is 10.0. The van der Waals surface area contributed by atoms with Gasteiger partial charge in [-0.2, -0.15) is 0 Å². The van der Waals surface area contributed by atoms with Crippen LogP contribution in [-0.2, 0) is 11.2 Å². The maximum Gasteiger partial charge on any atom is 0.357 e. The van der Waals surface area contributed by atoms with Gasteiger partial charge in [-0.15, -0.1) is 11.3 Å². The maximum absolute atomic E-state index is 11.3. The molecule has 1 aromatic heterocycles. The number of thiazole rings is 1. The molecule has 0 aliphatic rings. The zero-order chi connectivity index (χ0) is 13.0. The van der Waals surface area contributed by atoms with E-state index in [0.29, 0.717) is 11.6 Å². The molecule has 1 unspecified atom stereocenters. The van der Waals surface area contributed by atoms with E-state index in [4.69, 9.17) is 0 Å². The van der Waals surface area contributed by atoms with Crippen molar-refractivity contribution in [2.24, 2.45) is 0 Å². The molecular weight excluding hydrogens is 246 g/mol. The van der Waals surface area contributed by atoms with Crippen LogP contribution in [0, 0.1) is 0 Å². The molecule has 1 heterocycles. The Bertz CT molecular complexity index is 522. The summed E-state index contributed by atoms with van der Waals surface area (Å²) >= 11 is 1.51. The first-order valence-electron chi connectivity index (χ1n) is 5.78. The van der Waals surface area contributed by atoms with Gasteiger partial charge in [-0.05, 0) is 12.0 Å². The molecule has 0 amide bonds. The second kappa shape index (κ2) is 5.78. The fourth-order valence-corrected chi connectivity index (χ4v) is 2.62. The van der Waals surface area contributed by atoms with Gasteiger partial charge in [-0.1, -0.05) is 37.3 Å². The standard InChI is InChI=1S/C14H15NO2S/c1-10(8-11-6-4-3-5-7-11)13-15-12(9-18-13)14(16)17-2/h3-7,9-10H,8H2,1-2H3. The Balaban J connectivity index is 2.07. The topological polar surface area (TPSA) is 39.2 Å². The average Bonchev–Trinajstić information content (AvgIpc) is 2.88. The molecule has 0 bridgehead atoms. The van der Waals surface area contributed by atoms with Crippen molar-refractivity contribution in [3.8, 4) is 0 Å². The number of aromatic nitrogens is 1. The predicted octanol–water partition coefficient (Wildman–Crippen LogP) is 3.28. The van der Waals surface area contributed by atoms with Crippen LogP contribution in [0.5, 0.6) is 0 Å². The van der Waals surface area contributed by atoms with Crippen LogP contribution in [0.25, 0.3) is 0 Å². The van der Waals surface area contributed by atoms with Crippen molar-refractivity contribution in [3.63, 3.8) is 0 Å². The summed E-state index contributed by atoms with van der Waals surface area (Å²) in [5.74, 6) is -0.0692. The van der Waals surface area contributed by atoms with E-state index in [1.165, 1.54) is 24.0 Å². The molecule has 0 aliphatic heterocycles. The number of carbonyl (C=O) groups is 1. The zero-order valence-corrected chi connectivity index (χ0v) is 11.2. The molecule has 3 nitrogen and oxygen atoms in total. The summed E-state index contributed by atoms with van der Waals surface area (Å²) in [6.07, 6.45) is 0.926. The highest BCUT2D eigenvalue weighted by molar-refractivity contribution is 7.09. The van der Waals surface area contributed by atoms with Gasteiger partial charge in [0.15, 0.2) is 5.69 Å². The Morgan fingerprint density at radius 1 is 1.39 bits per heavy atom. The third-order valence-electron chi connectivity index (χ3n) is 2.72. The minimum absolute atomic E-state index is 0.302. The number of hydrogen-bond donors (Lipinski definition) is 0. The molecule has 0 saturated heterocycles. The summed E-state index contributed by atoms with van der Waals surface area (Å²) in [5, 5.41) is 2.72. The van der Waals surface area contributed by atoms with E-state index in [-0.39, 0.29) is 5.97 Å². The van der Waals surface area contributed by atoms with Crippen molar-refractivity contribution in [3.05, 3.63) is 52.0 Å². The van der Waals surface area contributed by atoms with Gasteiger partial charge in [0.05, 0.1) is 12.1 Å². The Kier molecular flexibility index (Phi) is 4.10. The first-order valence-corrected chi connectivity index (χ1v) is 6.66. The number of ether oxygens (including phenoxy) is 1. The Hall–Kier alpha value is -1.68. The van der Waals surface area contributed by atoms with E-state index in [2.05, 4.69) is 28.8 Å². The van der Waals surface area contributed by atoms with Gasteiger partial charge in [0.25, 0.3) is 0 Å². The van der Waals surface area contributed by atoms with E-state index < -0.39 is 0 Å². The number of carbonyl (C=O) groups excluding carboxylic acids is 1. The van der Waals surface area contributed by atoms with Crippen LogP contribution < -0.4 is 0 Å². The van der Waals surface area contributed by atoms with Crippen LogP contribution in [0.15, 0.2) is 35.7 Å². The van der Waals surface area contributed by atoms with Gasteiger partial charge in [0.1, 0.15) is 0 Å². The number of hydrogen-bond acceptors (Lipinski definition) is 4. The number of methoxy groups -OCH3 is 1. The minimum Gasteiger partial charge on any atom is -0.464 e. The molecule has 18 heavy (non-hydrogen) atoms. The smallest absolute Gasteiger partial charge is 0.357 e. The van der Waals surface area contributed by atoms with Crippen molar-refractivity contribution < 1.29 is 9.53 Å². The Morgan fingerprint density at radius 2 is 2.11 bits per heavy atom. The second-order valence-electron chi connectivity index (χ2n) is 4.15. The summed E-state index contributed by atoms with van der Waals surface area (Å²) < 4.78 is 4.65. The first kappa shape index (κ1) is 12.8. The molecular formula is C14H15NO2S. The van der Waals surface area contributed by atoms with Crippen LogP contribution in [0.2, 0.25) is 0 Å². The zero-order valence-electron chi connectivity index (χ0n) is 10.4. The lowest BCUT2D eigenvalue weighted by molar-refractivity contribution is 0.0594. The maximum atomic E-state index is 11.3. The molecule has 1 atom stereocenters. The summed E-state index contributed by atoms with van der Waals surface area (Å²) in [4.78, 5) is 15.7. The molecule has 94 valence electrons. The molecule has 1 aromatic carbocycles. The van der Waals surface area contributed by atoms with Crippen molar-refractivity contribution >= 4 is 17.3 Å². The second-order valence-corrected chi connectivity index (χ2v) is 5.04. The van der Waals surface area contributed by atoms with E-state index >= 15 is 0 Å². The molecule has 0 aliphatic carbocycles. The molecule has 2 rings (SSSR count). The lowest BCUT2D eigenvalue weighted by Gasteiger charge is -2.07. The third kappa shape index (κ3) is 2.96. The number of nitrogens with zero attached hydrogens (tertiary/aromatic N) is 1. The van der Waals surface area contributed by atoms with E-state index in [0.717, 1.165) is 11.4 Å². The number of rotatable bonds is 4. The van der Waals surface area contributed by atoms with Crippen LogP contribution in [-0.4, -0.2) is 18.1 Å². The van der Waals surface area contributed by atoms with Crippen LogP contribution in [0.4, 0.5) is 0 Å². The lowest BCUT2D eigenvalue weighted by Crippen LogP contribution is -2.03. The van der Waals surface area contributed by atoms with Crippen molar-refractivity contribution in [1.29, 1.82) is 0 Å². The summed E-state index contributed by atoms with van der Waals surface area (Å²) in [6.45, 7) is 2.12. The van der Waals surface area contributed by atoms with Gasteiger partial charge < -0.3 is 4.74 Å². The molecule has 0 spiro atoms. The van der Waals surface area contributed by atoms with Crippen LogP contribution in [0.1, 0.15) is 33.9 Å². The SMILES string of the molecule is COC(=O)c1csc(C(C)Cc2ccccc2)n1. The highest BCUT2D eigenvalue weighted by Gasteiger charge is 2.15. The molecule has 2 aromatic rings. The fourth-order valence-electron chi connectivity index (χ4n) is 1.77. The average molecular weight is 261 g/mol. The summed E-state index contributed by atoms with van der Waals surface area (Å²) in [5.41, 5.74) is 1.68. The van der Waals surface area contributed by atoms with E-state index in [1.807, 2.05) is 18.2 Å². The first-order chi connectivity index (χ1) is 8.70. The van der Waals surface area contributed by atoms with Gasteiger partial charge in [0, 0.05) is 11.3 Å². The molecule has 0 radical (unpaired) electrons. The number of esters is 1. The third-order valence-corrected chi connectivity index (χ3v) is 3.80. The Labute approximate surface area is 110 Å². The predicted molar refractivity (Wildman–Crippen MR) is 72.0 cm³/mol. The van der Waals surface area contributed by atoms with Gasteiger partial charge in [-0.3, -0.25) is 0 Å². The summed E-state index contributed by atoms with van der Waals surface area (Å²) in [6, 6.07) is 10.3. The van der Waals surface area contributed by atoms with E-state index in [1.54, 1.807) is 5.38 Å². The quantitative estimate of drug-likeness (QED) is 0.793. The Morgan fingerprint density at radius 3 is 2.78 bits per heavy atom. The molecule has 0 saturated carbocycles. The highest BCUT2D eigenvalue weighted by atomic mass is 32.1. The van der Waals surface area contributed by atoms with E-state index in [9.17, 15) is 4.79 Å². The van der Waals surface area contributed by atoms with Crippen molar-refractivity contribution in [1.82, 2.24) is 4.98 Å². The normalized spacial score (nSPS) is 12.1. The molecule has 4 heteroatoms. The van der Waals surface area contributed by atoms with Gasteiger partial charge in [0.2, 0.25) is 0 Å².